The van der Waals surface area contributed by atoms with E-state index in [2.05, 4.69) is 62.2 Å². The van der Waals surface area contributed by atoms with Crippen LogP contribution >= 0.6 is 24.0 Å². The Kier molecular flexibility index (Phi) is 9.17. The minimum absolute atomic E-state index is 0. The average molecular weight is 436 g/mol. The van der Waals surface area contributed by atoms with Gasteiger partial charge in [0.25, 0.3) is 0 Å². The van der Waals surface area contributed by atoms with Crippen molar-refractivity contribution in [2.75, 3.05) is 13.6 Å². The van der Waals surface area contributed by atoms with Gasteiger partial charge >= 0.3 is 0 Å². The van der Waals surface area contributed by atoms with Crippen molar-refractivity contribution >= 4 is 29.9 Å². The van der Waals surface area contributed by atoms with Gasteiger partial charge in [0, 0.05) is 19.0 Å². The van der Waals surface area contributed by atoms with Gasteiger partial charge < -0.3 is 15.1 Å². The van der Waals surface area contributed by atoms with Gasteiger partial charge in [-0.2, -0.15) is 0 Å². The molecule has 6 heteroatoms. The van der Waals surface area contributed by atoms with E-state index in [-0.39, 0.29) is 29.4 Å². The highest BCUT2D eigenvalue weighted by atomic mass is 127. The fraction of sp³-hybridized carbons (Fsp3) is 0.765. The largest absolute Gasteiger partial charge is 0.443 e. The van der Waals surface area contributed by atoms with Crippen molar-refractivity contribution < 1.29 is 4.42 Å². The SMILES string of the molecule is CN=C(NCCCC(C)(C)C)NCc1ncc(C(C)(C)C)o1.I. The zero-order valence-corrected chi connectivity index (χ0v) is 17.9. The molecular formula is C17H33IN4O. The van der Waals surface area contributed by atoms with E-state index in [1.54, 1.807) is 13.2 Å². The number of nitrogens with one attached hydrogen (secondary N) is 2. The molecule has 0 saturated carbocycles. The van der Waals surface area contributed by atoms with E-state index in [0.717, 1.165) is 24.7 Å². The number of nitrogens with zero attached hydrogens (tertiary/aromatic N) is 2. The quantitative estimate of drug-likeness (QED) is 0.316. The maximum absolute atomic E-state index is 5.76. The first kappa shape index (κ1) is 22.2. The van der Waals surface area contributed by atoms with Crippen molar-refractivity contribution in [2.24, 2.45) is 10.4 Å². The minimum atomic E-state index is -0.0157. The smallest absolute Gasteiger partial charge is 0.213 e. The lowest BCUT2D eigenvalue weighted by molar-refractivity contribution is 0.365. The van der Waals surface area contributed by atoms with Gasteiger partial charge in [0.1, 0.15) is 5.76 Å². The Balaban J connectivity index is 0.00000484. The molecule has 1 aromatic rings. The monoisotopic (exact) mass is 436 g/mol. The topological polar surface area (TPSA) is 62.5 Å². The second-order valence-electron chi connectivity index (χ2n) is 7.89. The van der Waals surface area contributed by atoms with E-state index in [4.69, 9.17) is 4.42 Å². The third-order valence-corrected chi connectivity index (χ3v) is 3.32. The Hall–Kier alpha value is -0.790. The van der Waals surface area contributed by atoms with Gasteiger partial charge in [0.15, 0.2) is 5.96 Å². The van der Waals surface area contributed by atoms with Gasteiger partial charge in [0.2, 0.25) is 5.89 Å². The number of halogens is 1. The molecule has 5 nitrogen and oxygen atoms in total. The Labute approximate surface area is 158 Å². The molecule has 2 N–H and O–H groups in total. The summed E-state index contributed by atoms with van der Waals surface area (Å²) in [5.74, 6) is 2.37. The predicted octanol–water partition coefficient (Wildman–Crippen LogP) is 4.08. The van der Waals surface area contributed by atoms with Crippen LogP contribution in [-0.2, 0) is 12.0 Å². The number of hydrogen-bond acceptors (Lipinski definition) is 3. The van der Waals surface area contributed by atoms with Crippen molar-refractivity contribution in [3.63, 3.8) is 0 Å². The second kappa shape index (κ2) is 9.49. The first-order valence-corrected chi connectivity index (χ1v) is 8.01. The third kappa shape index (κ3) is 9.17. The predicted molar refractivity (Wildman–Crippen MR) is 108 cm³/mol. The zero-order chi connectivity index (χ0) is 16.8. The lowest BCUT2D eigenvalue weighted by Crippen LogP contribution is -2.37. The molecule has 0 bridgehead atoms. The van der Waals surface area contributed by atoms with Gasteiger partial charge in [-0.25, -0.2) is 4.98 Å². The summed E-state index contributed by atoms with van der Waals surface area (Å²) in [4.78, 5) is 8.52. The van der Waals surface area contributed by atoms with Gasteiger partial charge in [-0.1, -0.05) is 41.5 Å². The van der Waals surface area contributed by atoms with Crippen LogP contribution in [0.2, 0.25) is 0 Å². The van der Waals surface area contributed by atoms with E-state index in [0.29, 0.717) is 17.9 Å². The number of rotatable bonds is 5. The Morgan fingerprint density at radius 3 is 2.30 bits per heavy atom. The molecule has 0 radical (unpaired) electrons. The molecule has 0 aliphatic rings. The Morgan fingerprint density at radius 2 is 1.83 bits per heavy atom. The van der Waals surface area contributed by atoms with Crippen LogP contribution in [0.25, 0.3) is 0 Å². The molecule has 1 aromatic heterocycles. The maximum Gasteiger partial charge on any atom is 0.213 e. The van der Waals surface area contributed by atoms with Crippen LogP contribution in [0, 0.1) is 5.41 Å². The Morgan fingerprint density at radius 1 is 1.17 bits per heavy atom. The first-order valence-electron chi connectivity index (χ1n) is 8.01. The molecule has 0 aliphatic carbocycles. The summed E-state index contributed by atoms with van der Waals surface area (Å²) in [6.07, 6.45) is 4.11. The minimum Gasteiger partial charge on any atom is -0.443 e. The van der Waals surface area contributed by atoms with Crippen LogP contribution in [-0.4, -0.2) is 24.5 Å². The fourth-order valence-electron chi connectivity index (χ4n) is 1.94. The molecule has 0 amide bonds. The van der Waals surface area contributed by atoms with Crippen molar-refractivity contribution in [1.82, 2.24) is 15.6 Å². The van der Waals surface area contributed by atoms with Crippen LogP contribution in [0.5, 0.6) is 0 Å². The summed E-state index contributed by atoms with van der Waals surface area (Å²) < 4.78 is 5.76. The highest BCUT2D eigenvalue weighted by Gasteiger charge is 2.19. The van der Waals surface area contributed by atoms with E-state index in [9.17, 15) is 0 Å². The summed E-state index contributed by atoms with van der Waals surface area (Å²) in [6, 6.07) is 0. The molecule has 0 atom stereocenters. The summed E-state index contributed by atoms with van der Waals surface area (Å²) in [6.45, 7) is 14.6. The number of aliphatic imine (C=N–C) groups is 1. The first-order chi connectivity index (χ1) is 10.1. The van der Waals surface area contributed by atoms with E-state index in [1.807, 2.05) is 0 Å². The van der Waals surface area contributed by atoms with Gasteiger partial charge in [-0.05, 0) is 18.3 Å². The molecule has 1 rings (SSSR count). The van der Waals surface area contributed by atoms with Gasteiger partial charge in [-0.3, -0.25) is 4.99 Å². The standard InChI is InChI=1S/C17H32N4O.HI/c1-16(2,3)9-8-10-19-15(18-7)21-12-14-20-11-13(22-14)17(4,5)6;/h11H,8-10,12H2,1-7H3,(H2,18,19,21);1H. The molecule has 1 heterocycles. The third-order valence-electron chi connectivity index (χ3n) is 3.32. The highest BCUT2D eigenvalue weighted by Crippen LogP contribution is 2.22. The maximum atomic E-state index is 5.76. The molecule has 0 aliphatic heterocycles. The van der Waals surface area contributed by atoms with Crippen LogP contribution in [0.4, 0.5) is 0 Å². The Bertz CT molecular complexity index is 484. The van der Waals surface area contributed by atoms with Crippen molar-refractivity contribution in [2.45, 2.75) is 66.3 Å². The van der Waals surface area contributed by atoms with E-state index in [1.165, 1.54) is 6.42 Å². The fourth-order valence-corrected chi connectivity index (χ4v) is 1.94. The molecule has 0 unspecified atom stereocenters. The van der Waals surface area contributed by atoms with Crippen LogP contribution in [0.1, 0.15) is 66.0 Å². The molecular weight excluding hydrogens is 403 g/mol. The number of hydrogen-bond donors (Lipinski definition) is 2. The average Bonchev–Trinajstić information content (AvgIpc) is 2.85. The lowest BCUT2D eigenvalue weighted by Gasteiger charge is -2.18. The highest BCUT2D eigenvalue weighted by molar-refractivity contribution is 14.0. The van der Waals surface area contributed by atoms with Gasteiger partial charge in [-0.15, -0.1) is 24.0 Å². The summed E-state index contributed by atoms with van der Waals surface area (Å²) >= 11 is 0. The second-order valence-corrected chi connectivity index (χ2v) is 7.89. The molecule has 134 valence electrons. The summed E-state index contributed by atoms with van der Waals surface area (Å²) in [5, 5.41) is 6.55. The molecule has 23 heavy (non-hydrogen) atoms. The van der Waals surface area contributed by atoms with Crippen molar-refractivity contribution in [3.8, 4) is 0 Å². The molecule has 0 aromatic carbocycles. The lowest BCUT2D eigenvalue weighted by atomic mass is 9.91. The zero-order valence-electron chi connectivity index (χ0n) is 15.6. The van der Waals surface area contributed by atoms with Crippen molar-refractivity contribution in [3.05, 3.63) is 17.8 Å². The summed E-state index contributed by atoms with van der Waals surface area (Å²) in [5.41, 5.74) is 0.359. The van der Waals surface area contributed by atoms with Crippen LogP contribution < -0.4 is 10.6 Å². The number of oxazole rings is 1. The summed E-state index contributed by atoms with van der Waals surface area (Å²) in [7, 11) is 1.77. The van der Waals surface area contributed by atoms with Crippen molar-refractivity contribution in [1.29, 1.82) is 0 Å². The van der Waals surface area contributed by atoms with E-state index < -0.39 is 0 Å². The molecule has 0 saturated heterocycles. The number of guanidine groups is 1. The number of aromatic nitrogens is 1. The van der Waals surface area contributed by atoms with Crippen LogP contribution in [0.3, 0.4) is 0 Å². The molecule has 0 fully saturated rings. The van der Waals surface area contributed by atoms with Gasteiger partial charge in [0.05, 0.1) is 12.7 Å². The van der Waals surface area contributed by atoms with E-state index >= 15 is 0 Å². The normalized spacial score (nSPS) is 12.7. The molecule has 0 spiro atoms. The van der Waals surface area contributed by atoms with Crippen LogP contribution in [0.15, 0.2) is 15.6 Å².